The van der Waals surface area contributed by atoms with Crippen molar-refractivity contribution in [1.29, 1.82) is 0 Å². The molecule has 1 aliphatic carbocycles. The Hall–Kier alpha value is -1.59. The van der Waals surface area contributed by atoms with Crippen LogP contribution in [0, 0.1) is 0 Å². The number of amides is 2. The fourth-order valence-electron chi connectivity index (χ4n) is 3.05. The quantitative estimate of drug-likeness (QED) is 0.806. The molecular weight excluding hydrogens is 302 g/mol. The summed E-state index contributed by atoms with van der Waals surface area (Å²) in [5.74, 6) is 0. The number of nitrogens with one attached hydrogen (secondary N) is 1. The predicted molar refractivity (Wildman–Crippen MR) is 97.1 cm³/mol. The van der Waals surface area contributed by atoms with E-state index in [1.807, 2.05) is 25.1 Å². The molecule has 1 atom stereocenters. The van der Waals surface area contributed by atoms with E-state index in [9.17, 15) is 9.90 Å². The lowest BCUT2D eigenvalue weighted by Gasteiger charge is -2.35. The van der Waals surface area contributed by atoms with Crippen molar-refractivity contribution in [3.8, 4) is 0 Å². The number of rotatable bonds is 7. The second kappa shape index (κ2) is 7.99. The molecule has 0 fully saturated rings. The van der Waals surface area contributed by atoms with E-state index >= 15 is 0 Å². The number of urea groups is 1. The summed E-state index contributed by atoms with van der Waals surface area (Å²) in [7, 11) is 4.03. The standard InChI is InChI=1S/C19H31N3O2/c1-19(2,21(3)4)14-20-18(24)22(12-7-13-23)17-11-10-15-8-5-6-9-16(15)17/h5-6,8-9,17,23H,7,10-14H2,1-4H3,(H,20,24). The Morgan fingerprint density at radius 1 is 1.33 bits per heavy atom. The number of fused-ring (bicyclic) bond motifs is 1. The van der Waals surface area contributed by atoms with E-state index < -0.39 is 0 Å². The van der Waals surface area contributed by atoms with Gasteiger partial charge in [0.1, 0.15) is 0 Å². The smallest absolute Gasteiger partial charge is 0.317 e. The molecule has 2 N–H and O–H groups in total. The van der Waals surface area contributed by atoms with Gasteiger partial charge in [-0.05, 0) is 58.3 Å². The maximum atomic E-state index is 12.8. The second-order valence-electron chi connectivity index (χ2n) is 7.39. The average molecular weight is 333 g/mol. The molecule has 0 saturated heterocycles. The number of aliphatic hydroxyl groups excluding tert-OH is 1. The van der Waals surface area contributed by atoms with Crippen LogP contribution in [-0.4, -0.2) is 60.3 Å². The number of hydrogen-bond donors (Lipinski definition) is 2. The Labute approximate surface area is 145 Å². The Morgan fingerprint density at radius 2 is 2.04 bits per heavy atom. The maximum absolute atomic E-state index is 12.8. The largest absolute Gasteiger partial charge is 0.396 e. The molecule has 1 aromatic rings. The van der Waals surface area contributed by atoms with E-state index in [0.29, 0.717) is 19.5 Å². The molecule has 0 bridgehead atoms. The van der Waals surface area contributed by atoms with Crippen LogP contribution in [0.1, 0.15) is 43.9 Å². The summed E-state index contributed by atoms with van der Waals surface area (Å²) in [6.07, 6.45) is 2.56. The highest BCUT2D eigenvalue weighted by Crippen LogP contribution is 2.35. The van der Waals surface area contributed by atoms with E-state index in [2.05, 4.69) is 42.3 Å². The molecule has 2 amide bonds. The van der Waals surface area contributed by atoms with Crippen molar-refractivity contribution in [2.24, 2.45) is 0 Å². The molecule has 0 heterocycles. The van der Waals surface area contributed by atoms with Gasteiger partial charge in [0.15, 0.2) is 0 Å². The molecule has 0 aliphatic heterocycles. The summed E-state index contributed by atoms with van der Waals surface area (Å²) >= 11 is 0. The van der Waals surface area contributed by atoms with Crippen LogP contribution in [0.15, 0.2) is 24.3 Å². The van der Waals surface area contributed by atoms with Crippen LogP contribution in [0.2, 0.25) is 0 Å². The van der Waals surface area contributed by atoms with Crippen molar-refractivity contribution in [3.63, 3.8) is 0 Å². The minimum atomic E-state index is -0.105. The number of nitrogens with zero attached hydrogens (tertiary/aromatic N) is 2. The van der Waals surface area contributed by atoms with E-state index in [0.717, 1.165) is 12.8 Å². The molecule has 1 aliphatic rings. The first-order chi connectivity index (χ1) is 11.4. The van der Waals surface area contributed by atoms with Gasteiger partial charge in [0, 0.05) is 25.2 Å². The fraction of sp³-hybridized carbons (Fsp3) is 0.632. The van der Waals surface area contributed by atoms with Crippen molar-refractivity contribution in [1.82, 2.24) is 15.1 Å². The van der Waals surface area contributed by atoms with Crippen LogP contribution in [-0.2, 0) is 6.42 Å². The van der Waals surface area contributed by atoms with Crippen LogP contribution >= 0.6 is 0 Å². The minimum Gasteiger partial charge on any atom is -0.396 e. The van der Waals surface area contributed by atoms with Crippen LogP contribution in [0.5, 0.6) is 0 Å². The monoisotopic (exact) mass is 333 g/mol. The van der Waals surface area contributed by atoms with Crippen LogP contribution in [0.25, 0.3) is 0 Å². The average Bonchev–Trinajstić information content (AvgIpc) is 2.97. The van der Waals surface area contributed by atoms with Gasteiger partial charge in [0.2, 0.25) is 0 Å². The summed E-state index contributed by atoms with van der Waals surface area (Å²) in [6, 6.07) is 8.42. The molecule has 134 valence electrons. The van der Waals surface area contributed by atoms with E-state index in [1.54, 1.807) is 0 Å². The summed E-state index contributed by atoms with van der Waals surface area (Å²) in [4.78, 5) is 16.8. The number of aryl methyl sites for hydroxylation is 1. The number of aliphatic hydroxyl groups is 1. The molecule has 0 saturated carbocycles. The lowest BCUT2D eigenvalue weighted by Crippen LogP contribution is -2.51. The molecule has 0 radical (unpaired) electrons. The van der Waals surface area contributed by atoms with E-state index in [4.69, 9.17) is 0 Å². The molecular formula is C19H31N3O2. The van der Waals surface area contributed by atoms with Gasteiger partial charge in [-0.3, -0.25) is 0 Å². The Balaban J connectivity index is 2.10. The topological polar surface area (TPSA) is 55.8 Å². The Morgan fingerprint density at radius 3 is 2.71 bits per heavy atom. The van der Waals surface area contributed by atoms with Gasteiger partial charge in [0.05, 0.1) is 6.04 Å². The lowest BCUT2D eigenvalue weighted by molar-refractivity contribution is 0.150. The Bertz CT molecular complexity index is 557. The van der Waals surface area contributed by atoms with Gasteiger partial charge in [-0.25, -0.2) is 4.79 Å². The number of carbonyl (C=O) groups excluding carboxylic acids is 1. The third kappa shape index (κ3) is 4.28. The van der Waals surface area contributed by atoms with Crippen molar-refractivity contribution < 1.29 is 9.90 Å². The Kier molecular flexibility index (Phi) is 6.24. The first-order valence-corrected chi connectivity index (χ1v) is 8.77. The highest BCUT2D eigenvalue weighted by atomic mass is 16.3. The van der Waals surface area contributed by atoms with Gasteiger partial charge in [-0.2, -0.15) is 0 Å². The molecule has 2 rings (SSSR count). The number of benzene rings is 1. The van der Waals surface area contributed by atoms with Crippen molar-refractivity contribution in [2.75, 3.05) is 33.8 Å². The number of carbonyl (C=O) groups is 1. The zero-order valence-corrected chi connectivity index (χ0v) is 15.4. The maximum Gasteiger partial charge on any atom is 0.317 e. The van der Waals surface area contributed by atoms with Crippen LogP contribution in [0.4, 0.5) is 4.79 Å². The van der Waals surface area contributed by atoms with Crippen LogP contribution < -0.4 is 5.32 Å². The van der Waals surface area contributed by atoms with Gasteiger partial charge in [0.25, 0.3) is 0 Å². The zero-order valence-electron chi connectivity index (χ0n) is 15.4. The summed E-state index contributed by atoms with van der Waals surface area (Å²) < 4.78 is 0. The third-order valence-corrected chi connectivity index (χ3v) is 5.18. The minimum absolute atomic E-state index is 0.0416. The number of hydrogen-bond acceptors (Lipinski definition) is 3. The molecule has 5 heteroatoms. The second-order valence-corrected chi connectivity index (χ2v) is 7.39. The predicted octanol–water partition coefficient (Wildman–Crippen LogP) is 2.41. The SMILES string of the molecule is CN(C)C(C)(C)CNC(=O)N(CCCO)C1CCc2ccccc21. The highest BCUT2D eigenvalue weighted by Gasteiger charge is 2.31. The molecule has 0 aromatic heterocycles. The lowest BCUT2D eigenvalue weighted by atomic mass is 10.0. The highest BCUT2D eigenvalue weighted by molar-refractivity contribution is 5.75. The zero-order chi connectivity index (χ0) is 17.7. The first-order valence-electron chi connectivity index (χ1n) is 8.77. The fourth-order valence-corrected chi connectivity index (χ4v) is 3.05. The van der Waals surface area contributed by atoms with Gasteiger partial charge in [-0.1, -0.05) is 24.3 Å². The van der Waals surface area contributed by atoms with Gasteiger partial charge < -0.3 is 20.2 Å². The third-order valence-electron chi connectivity index (χ3n) is 5.18. The van der Waals surface area contributed by atoms with Crippen molar-refractivity contribution >= 4 is 6.03 Å². The molecule has 1 aromatic carbocycles. The van der Waals surface area contributed by atoms with E-state index in [-0.39, 0.29) is 24.2 Å². The normalized spacial score (nSPS) is 17.0. The van der Waals surface area contributed by atoms with Crippen molar-refractivity contribution in [2.45, 2.75) is 44.7 Å². The summed E-state index contributed by atoms with van der Waals surface area (Å²) in [6.45, 7) is 5.47. The molecule has 0 spiro atoms. The van der Waals surface area contributed by atoms with Gasteiger partial charge in [-0.15, -0.1) is 0 Å². The molecule has 1 unspecified atom stereocenters. The molecule has 5 nitrogen and oxygen atoms in total. The number of likely N-dealkylation sites (N-methyl/N-ethyl adjacent to an activating group) is 1. The summed E-state index contributed by atoms with van der Waals surface area (Å²) in [5, 5.41) is 12.3. The first kappa shape index (κ1) is 18.7. The molecule has 24 heavy (non-hydrogen) atoms. The van der Waals surface area contributed by atoms with Crippen molar-refractivity contribution in [3.05, 3.63) is 35.4 Å². The van der Waals surface area contributed by atoms with Crippen LogP contribution in [0.3, 0.4) is 0 Å². The van der Waals surface area contributed by atoms with Gasteiger partial charge >= 0.3 is 6.03 Å². The summed E-state index contributed by atoms with van der Waals surface area (Å²) in [5.41, 5.74) is 2.47. The van der Waals surface area contributed by atoms with E-state index in [1.165, 1.54) is 11.1 Å².